The third-order valence-corrected chi connectivity index (χ3v) is 3.41. The molecule has 5 N–H and O–H groups in total. The quantitative estimate of drug-likeness (QED) is 0.355. The van der Waals surface area contributed by atoms with Crippen molar-refractivity contribution < 1.29 is 29.4 Å². The Morgan fingerprint density at radius 1 is 1.00 bits per heavy atom. The monoisotopic (exact) mass is 394 g/mol. The summed E-state index contributed by atoms with van der Waals surface area (Å²) in [6, 6.07) is 5.98. The average Bonchev–Trinajstić information content (AvgIpc) is 2.51. The van der Waals surface area contributed by atoms with Crippen LogP contribution in [0.3, 0.4) is 0 Å². The maximum absolute atomic E-state index is 11.8. The van der Waals surface area contributed by atoms with E-state index in [4.69, 9.17) is 5.73 Å². The molecule has 136 valence electrons. The Morgan fingerprint density at radius 2 is 1.52 bits per heavy atom. The van der Waals surface area contributed by atoms with Crippen LogP contribution in [0.25, 0.3) is 0 Å². The van der Waals surface area contributed by atoms with Gasteiger partial charge in [0.25, 0.3) is 5.91 Å². The zero-order chi connectivity index (χ0) is 19.1. The van der Waals surface area contributed by atoms with Gasteiger partial charge in [-0.1, -0.05) is 26.0 Å². The number of amides is 2. The molecule has 0 aromatic heterocycles. The first-order valence-electron chi connectivity index (χ1n) is 7.48. The van der Waals surface area contributed by atoms with Gasteiger partial charge in [-0.05, 0) is 23.6 Å². The number of nitrogens with one attached hydrogen (secondary N) is 1. The van der Waals surface area contributed by atoms with Gasteiger partial charge >= 0.3 is 11.9 Å². The summed E-state index contributed by atoms with van der Waals surface area (Å²) < 4.78 is 0. The van der Waals surface area contributed by atoms with Crippen LogP contribution in [-0.4, -0.2) is 99.6 Å². The number of carboxylic acid groups (broad SMARTS) is 2. The van der Waals surface area contributed by atoms with Crippen molar-refractivity contribution in [3.63, 3.8) is 0 Å². The number of carbonyl (C=O) groups excluding carboxylic acids is 2. The third kappa shape index (κ3) is 9.05. The van der Waals surface area contributed by atoms with Crippen molar-refractivity contribution in [1.82, 2.24) is 5.32 Å². The Labute approximate surface area is 201 Å². The maximum Gasteiger partial charge on any atom is 0.332 e. The Balaban J connectivity index is 0. The molecule has 8 nitrogen and oxygen atoms in total. The summed E-state index contributed by atoms with van der Waals surface area (Å²) in [6.07, 6.45) is -0.0850. The van der Waals surface area contributed by atoms with Crippen LogP contribution in [0.2, 0.25) is 0 Å². The third-order valence-electron chi connectivity index (χ3n) is 3.41. The molecule has 0 spiro atoms. The molecular formula is C17H20N2Na2O6. The zero-order valence-electron chi connectivity index (χ0n) is 15.9. The number of benzene rings is 1. The molecule has 1 aromatic rings. The minimum absolute atomic E-state index is 0. The van der Waals surface area contributed by atoms with Gasteiger partial charge in [0.15, 0.2) is 0 Å². The number of rotatable bonds is 8. The van der Waals surface area contributed by atoms with Crippen LogP contribution in [0, 0.1) is 5.92 Å². The van der Waals surface area contributed by atoms with E-state index in [0.29, 0.717) is 5.56 Å². The van der Waals surface area contributed by atoms with Gasteiger partial charge in [-0.3, -0.25) is 9.59 Å². The molecule has 0 saturated heterocycles. The van der Waals surface area contributed by atoms with Gasteiger partial charge in [0, 0.05) is 71.1 Å². The molecule has 1 aromatic carbocycles. The van der Waals surface area contributed by atoms with Gasteiger partial charge in [0.1, 0.15) is 0 Å². The molecule has 0 aliphatic carbocycles. The van der Waals surface area contributed by atoms with Gasteiger partial charge < -0.3 is 21.3 Å². The van der Waals surface area contributed by atoms with Gasteiger partial charge in [0.2, 0.25) is 5.91 Å². The summed E-state index contributed by atoms with van der Waals surface area (Å²) in [5, 5.41) is 20.9. The van der Waals surface area contributed by atoms with E-state index in [1.165, 1.54) is 24.3 Å². The normalized spacial score (nSPS) is 10.8. The van der Waals surface area contributed by atoms with E-state index >= 15 is 0 Å². The van der Waals surface area contributed by atoms with Crippen molar-refractivity contribution in [2.45, 2.75) is 20.3 Å². The summed E-state index contributed by atoms with van der Waals surface area (Å²) >= 11 is 0. The van der Waals surface area contributed by atoms with E-state index in [0.717, 1.165) is 0 Å². The van der Waals surface area contributed by atoms with Crippen LogP contribution in [0.15, 0.2) is 35.4 Å². The Morgan fingerprint density at radius 3 is 1.89 bits per heavy atom. The first kappa shape index (κ1) is 28.1. The van der Waals surface area contributed by atoms with E-state index in [2.05, 4.69) is 5.32 Å². The van der Waals surface area contributed by atoms with Crippen molar-refractivity contribution in [2.24, 2.45) is 11.7 Å². The molecule has 2 radical (unpaired) electrons. The number of primary amides is 1. The van der Waals surface area contributed by atoms with Crippen LogP contribution in [0.5, 0.6) is 0 Å². The van der Waals surface area contributed by atoms with E-state index in [9.17, 15) is 29.4 Å². The average molecular weight is 394 g/mol. The summed E-state index contributed by atoms with van der Waals surface area (Å²) in [4.78, 5) is 45.2. The number of carbonyl (C=O) groups is 4. The molecule has 1 rings (SSSR count). The van der Waals surface area contributed by atoms with Crippen LogP contribution in [-0.2, 0) is 20.8 Å². The topological polar surface area (TPSA) is 147 Å². The zero-order valence-corrected chi connectivity index (χ0v) is 19.9. The fraction of sp³-hybridized carbons (Fsp3) is 0.294. The predicted octanol–water partition coefficient (Wildman–Crippen LogP) is -0.196. The Hall–Kier alpha value is -1.16. The number of nitrogens with two attached hydrogens (primary N) is 1. The molecule has 10 heteroatoms. The minimum atomic E-state index is -1.30. The molecule has 0 saturated carbocycles. The van der Waals surface area contributed by atoms with E-state index < -0.39 is 29.7 Å². The summed E-state index contributed by atoms with van der Waals surface area (Å²) in [5.41, 5.74) is 5.40. The summed E-state index contributed by atoms with van der Waals surface area (Å²) in [7, 11) is 0. The summed E-state index contributed by atoms with van der Waals surface area (Å²) in [5.74, 6) is -4.18. The van der Waals surface area contributed by atoms with Crippen molar-refractivity contribution >= 4 is 82.9 Å². The predicted molar refractivity (Wildman–Crippen MR) is 100 cm³/mol. The molecular weight excluding hydrogens is 374 g/mol. The Bertz CT molecular complexity index is 729. The van der Waals surface area contributed by atoms with Crippen LogP contribution >= 0.6 is 0 Å². The fourth-order valence-corrected chi connectivity index (χ4v) is 2.26. The standard InChI is InChI=1S/C17H20N2O6.2Na/c1-9(2)14(17(24)25)12(16(22)23)7-10-3-5-11(6-4-10)15(21)19-8-13(18)20;;/h3-6,9H,7-8H2,1-2H3,(H2,18,20)(H,19,21)(H,22,23)(H,24,25);;/b14-12-;;. The molecule has 0 aliphatic rings. The smallest absolute Gasteiger partial charge is 0.332 e. The summed E-state index contributed by atoms with van der Waals surface area (Å²) in [6.45, 7) is 2.93. The first-order chi connectivity index (χ1) is 11.6. The molecule has 0 atom stereocenters. The number of carboxylic acids is 2. The fourth-order valence-electron chi connectivity index (χ4n) is 2.26. The second-order valence-electron chi connectivity index (χ2n) is 5.68. The van der Waals surface area contributed by atoms with Gasteiger partial charge in [-0.25, -0.2) is 9.59 Å². The van der Waals surface area contributed by atoms with E-state index in [1.54, 1.807) is 13.8 Å². The molecule has 0 fully saturated rings. The van der Waals surface area contributed by atoms with Gasteiger partial charge in [-0.2, -0.15) is 0 Å². The van der Waals surface area contributed by atoms with E-state index in [-0.39, 0.29) is 88.8 Å². The largest absolute Gasteiger partial charge is 0.478 e. The molecule has 2 amide bonds. The Kier molecular flexibility index (Phi) is 13.6. The first-order valence-corrected chi connectivity index (χ1v) is 7.48. The molecule has 0 bridgehead atoms. The molecule has 27 heavy (non-hydrogen) atoms. The molecule has 0 unspecified atom stereocenters. The second-order valence-corrected chi connectivity index (χ2v) is 5.68. The van der Waals surface area contributed by atoms with Crippen molar-refractivity contribution in [3.8, 4) is 0 Å². The van der Waals surface area contributed by atoms with Gasteiger partial charge in [0.05, 0.1) is 17.7 Å². The number of hydrogen-bond donors (Lipinski definition) is 4. The van der Waals surface area contributed by atoms with Crippen molar-refractivity contribution in [1.29, 1.82) is 0 Å². The second kappa shape index (κ2) is 13.1. The van der Waals surface area contributed by atoms with Crippen molar-refractivity contribution in [2.75, 3.05) is 6.54 Å². The SMILES string of the molecule is CC(C)/C(C(=O)O)=C(\Cc1ccc(C(=O)NCC(N)=O)cc1)C(=O)O.[Na].[Na]. The number of aliphatic carboxylic acids is 2. The number of hydrogen-bond acceptors (Lipinski definition) is 4. The van der Waals surface area contributed by atoms with Crippen LogP contribution in [0.1, 0.15) is 29.8 Å². The molecule has 0 aliphatic heterocycles. The van der Waals surface area contributed by atoms with Gasteiger partial charge in [-0.15, -0.1) is 0 Å². The molecule has 0 heterocycles. The van der Waals surface area contributed by atoms with Crippen LogP contribution < -0.4 is 11.1 Å². The van der Waals surface area contributed by atoms with Crippen LogP contribution in [0.4, 0.5) is 0 Å². The van der Waals surface area contributed by atoms with Crippen molar-refractivity contribution in [3.05, 3.63) is 46.5 Å². The minimum Gasteiger partial charge on any atom is -0.478 e. The van der Waals surface area contributed by atoms with E-state index in [1.807, 2.05) is 0 Å². The maximum atomic E-state index is 11.8.